The van der Waals surface area contributed by atoms with Crippen LogP contribution in [0, 0.1) is 13.8 Å². The molecule has 1 saturated heterocycles. The third kappa shape index (κ3) is 3.17. The lowest BCUT2D eigenvalue weighted by atomic mass is 10.00. The van der Waals surface area contributed by atoms with E-state index >= 15 is 0 Å². The van der Waals surface area contributed by atoms with Gasteiger partial charge in [0.1, 0.15) is 11.4 Å². The number of hydrogen-bond donors (Lipinski definition) is 1. The van der Waals surface area contributed by atoms with Gasteiger partial charge in [-0.1, -0.05) is 17.3 Å². The minimum Gasteiger partial charge on any atom is -0.378 e. The summed E-state index contributed by atoms with van der Waals surface area (Å²) in [5.41, 5.74) is 6.22. The molecule has 4 aromatic rings. The molecule has 7 nitrogen and oxygen atoms in total. The summed E-state index contributed by atoms with van der Waals surface area (Å²) in [6.45, 7) is 6.27. The van der Waals surface area contributed by atoms with Crippen LogP contribution in [-0.2, 0) is 4.74 Å². The average Bonchev–Trinajstić information content (AvgIpc) is 3.35. The summed E-state index contributed by atoms with van der Waals surface area (Å²) in [5.74, 6) is 0.809. The number of fused-ring (bicyclic) bond motifs is 1. The fourth-order valence-electron chi connectivity index (χ4n) is 4.02. The molecule has 0 saturated carbocycles. The van der Waals surface area contributed by atoms with Crippen LogP contribution in [0.3, 0.4) is 0 Å². The van der Waals surface area contributed by atoms with Crippen molar-refractivity contribution >= 4 is 16.9 Å². The van der Waals surface area contributed by atoms with Gasteiger partial charge >= 0.3 is 0 Å². The Kier molecular flexibility index (Phi) is 4.59. The van der Waals surface area contributed by atoms with Crippen LogP contribution < -0.4 is 0 Å². The minimum absolute atomic E-state index is 0.0345. The molecule has 0 unspecified atom stereocenters. The van der Waals surface area contributed by atoms with Gasteiger partial charge in [0.2, 0.25) is 0 Å². The molecule has 1 aliphatic heterocycles. The maximum absolute atomic E-state index is 12.9. The molecule has 4 heterocycles. The molecule has 0 aliphatic carbocycles. The van der Waals surface area contributed by atoms with E-state index in [4.69, 9.17) is 9.26 Å². The van der Waals surface area contributed by atoms with Gasteiger partial charge in [-0.3, -0.25) is 4.79 Å². The third-order valence-corrected chi connectivity index (χ3v) is 5.57. The Morgan fingerprint density at radius 3 is 2.73 bits per heavy atom. The molecular formula is C23H22N4O3. The fourth-order valence-corrected chi connectivity index (χ4v) is 4.02. The number of carbonyl (C=O) groups is 1. The number of pyridine rings is 1. The van der Waals surface area contributed by atoms with Gasteiger partial charge < -0.3 is 19.1 Å². The second-order valence-electron chi connectivity index (χ2n) is 7.51. The average molecular weight is 402 g/mol. The predicted molar refractivity (Wildman–Crippen MR) is 113 cm³/mol. The van der Waals surface area contributed by atoms with Crippen LogP contribution in [0.5, 0.6) is 0 Å². The molecule has 0 atom stereocenters. The molecule has 7 heteroatoms. The van der Waals surface area contributed by atoms with Crippen LogP contribution in [0.4, 0.5) is 0 Å². The Balaban J connectivity index is 1.54. The highest BCUT2D eigenvalue weighted by atomic mass is 16.5. The molecule has 1 aliphatic rings. The van der Waals surface area contributed by atoms with Crippen molar-refractivity contribution in [1.82, 2.24) is 20.0 Å². The van der Waals surface area contributed by atoms with Crippen LogP contribution in [-0.4, -0.2) is 52.2 Å². The summed E-state index contributed by atoms with van der Waals surface area (Å²) >= 11 is 0. The van der Waals surface area contributed by atoms with Crippen LogP contribution in [0.15, 0.2) is 47.2 Å². The zero-order valence-corrected chi connectivity index (χ0v) is 16.9. The van der Waals surface area contributed by atoms with Crippen LogP contribution >= 0.6 is 0 Å². The summed E-state index contributed by atoms with van der Waals surface area (Å²) in [5, 5.41) is 5.07. The van der Waals surface area contributed by atoms with E-state index in [1.165, 1.54) is 0 Å². The van der Waals surface area contributed by atoms with Crippen LogP contribution in [0.2, 0.25) is 0 Å². The molecule has 152 valence electrons. The van der Waals surface area contributed by atoms with Gasteiger partial charge in [0, 0.05) is 53.1 Å². The monoisotopic (exact) mass is 402 g/mol. The van der Waals surface area contributed by atoms with Crippen molar-refractivity contribution in [3.63, 3.8) is 0 Å². The molecule has 1 amide bonds. The van der Waals surface area contributed by atoms with E-state index < -0.39 is 0 Å². The minimum atomic E-state index is 0.0345. The molecule has 1 N–H and O–H groups in total. The van der Waals surface area contributed by atoms with E-state index in [-0.39, 0.29) is 5.91 Å². The largest absolute Gasteiger partial charge is 0.378 e. The van der Waals surface area contributed by atoms with E-state index in [2.05, 4.69) is 21.2 Å². The number of aromatic amines is 1. The summed E-state index contributed by atoms with van der Waals surface area (Å²) in [6.07, 6.45) is 3.76. The Bertz CT molecular complexity index is 1210. The third-order valence-electron chi connectivity index (χ3n) is 5.57. The summed E-state index contributed by atoms with van der Waals surface area (Å²) in [6, 6.07) is 9.81. The first-order valence-electron chi connectivity index (χ1n) is 9.99. The van der Waals surface area contributed by atoms with E-state index in [9.17, 15) is 4.79 Å². The maximum Gasteiger partial charge on any atom is 0.254 e. The fraction of sp³-hybridized carbons (Fsp3) is 0.261. The zero-order valence-electron chi connectivity index (χ0n) is 16.9. The van der Waals surface area contributed by atoms with E-state index in [1.54, 1.807) is 0 Å². The lowest BCUT2D eigenvalue weighted by Gasteiger charge is -2.27. The van der Waals surface area contributed by atoms with Crippen LogP contribution in [0.1, 0.15) is 21.8 Å². The van der Waals surface area contributed by atoms with Gasteiger partial charge in [0.05, 0.1) is 18.9 Å². The number of hydrogen-bond acceptors (Lipinski definition) is 5. The first-order valence-corrected chi connectivity index (χ1v) is 9.99. The summed E-state index contributed by atoms with van der Waals surface area (Å²) < 4.78 is 10.7. The highest BCUT2D eigenvalue weighted by Crippen LogP contribution is 2.34. The molecule has 0 spiro atoms. The highest BCUT2D eigenvalue weighted by Gasteiger charge is 2.20. The topological polar surface area (TPSA) is 84.2 Å². The van der Waals surface area contributed by atoms with Crippen molar-refractivity contribution in [2.24, 2.45) is 0 Å². The van der Waals surface area contributed by atoms with Crippen molar-refractivity contribution in [3.05, 3.63) is 59.7 Å². The van der Waals surface area contributed by atoms with Gasteiger partial charge in [-0.15, -0.1) is 0 Å². The van der Waals surface area contributed by atoms with E-state index in [1.807, 2.05) is 55.4 Å². The summed E-state index contributed by atoms with van der Waals surface area (Å²) in [4.78, 5) is 22.5. The molecule has 1 fully saturated rings. The van der Waals surface area contributed by atoms with Gasteiger partial charge in [-0.2, -0.15) is 0 Å². The standard InChI is InChI=1S/C23H22N4O3/c1-14-21(15(2)30-26-14)20-13-25-22-19(20)11-18(12-24-22)16-4-3-5-17(10-16)23(28)27-6-8-29-9-7-27/h3-5,10-13H,6-9H2,1-2H3,(H,24,25). The lowest BCUT2D eigenvalue weighted by Crippen LogP contribution is -2.40. The molecule has 30 heavy (non-hydrogen) atoms. The zero-order chi connectivity index (χ0) is 20.7. The van der Waals surface area contributed by atoms with E-state index in [0.29, 0.717) is 31.9 Å². The van der Waals surface area contributed by atoms with Gasteiger partial charge in [0.15, 0.2) is 0 Å². The predicted octanol–water partition coefficient (Wildman–Crippen LogP) is 3.97. The van der Waals surface area contributed by atoms with Gasteiger partial charge in [0.25, 0.3) is 5.91 Å². The number of amides is 1. The Hall–Kier alpha value is -3.45. The van der Waals surface area contributed by atoms with Gasteiger partial charge in [-0.05, 0) is 37.6 Å². The smallest absolute Gasteiger partial charge is 0.254 e. The number of morpholine rings is 1. The van der Waals surface area contributed by atoms with Crippen LogP contribution in [0.25, 0.3) is 33.3 Å². The normalized spacial score (nSPS) is 14.4. The molecule has 1 aromatic carbocycles. The maximum atomic E-state index is 12.9. The number of nitrogens with zero attached hydrogens (tertiary/aromatic N) is 3. The molecule has 0 radical (unpaired) electrons. The van der Waals surface area contributed by atoms with E-state index in [0.717, 1.165) is 44.7 Å². The summed E-state index contributed by atoms with van der Waals surface area (Å²) in [7, 11) is 0. The van der Waals surface area contributed by atoms with Crippen molar-refractivity contribution < 1.29 is 14.1 Å². The Labute approximate surface area is 173 Å². The first kappa shape index (κ1) is 18.6. The molecular weight excluding hydrogens is 380 g/mol. The number of rotatable bonds is 3. The highest BCUT2D eigenvalue weighted by molar-refractivity contribution is 5.98. The molecule has 3 aromatic heterocycles. The first-order chi connectivity index (χ1) is 14.6. The Morgan fingerprint density at radius 1 is 1.13 bits per heavy atom. The van der Waals surface area contributed by atoms with Crippen molar-refractivity contribution in [1.29, 1.82) is 0 Å². The number of H-pyrrole nitrogens is 1. The SMILES string of the molecule is Cc1noc(C)c1-c1c[nH]c2ncc(-c3cccc(C(=O)N4CCOCC4)c3)cc12. The van der Waals surface area contributed by atoms with Gasteiger partial charge in [-0.25, -0.2) is 4.98 Å². The van der Waals surface area contributed by atoms with Crippen molar-refractivity contribution in [3.8, 4) is 22.3 Å². The number of nitrogens with one attached hydrogen (secondary N) is 1. The second-order valence-corrected chi connectivity index (χ2v) is 7.51. The quantitative estimate of drug-likeness (QED) is 0.560. The Morgan fingerprint density at radius 2 is 1.97 bits per heavy atom. The van der Waals surface area contributed by atoms with Crippen molar-refractivity contribution in [2.45, 2.75) is 13.8 Å². The molecule has 0 bridgehead atoms. The number of carbonyl (C=O) groups excluding carboxylic acids is 1. The number of benzene rings is 1. The number of ether oxygens (including phenoxy) is 1. The lowest BCUT2D eigenvalue weighted by molar-refractivity contribution is 0.0303. The number of aromatic nitrogens is 3. The van der Waals surface area contributed by atoms with Crippen molar-refractivity contribution in [2.75, 3.05) is 26.3 Å². The molecule has 5 rings (SSSR count). The second kappa shape index (κ2) is 7.42. The number of aryl methyl sites for hydroxylation is 2.